The number of thiazole rings is 1. The summed E-state index contributed by atoms with van der Waals surface area (Å²) in [6.07, 6.45) is 1.89. The van der Waals surface area contributed by atoms with E-state index < -0.39 is 0 Å². The number of hydrogen-bond donors (Lipinski definition) is 1. The molecule has 16 heavy (non-hydrogen) atoms. The van der Waals surface area contributed by atoms with E-state index in [9.17, 15) is 0 Å². The predicted octanol–water partition coefficient (Wildman–Crippen LogP) is 1.13. The van der Waals surface area contributed by atoms with E-state index in [-0.39, 0.29) is 5.54 Å². The quantitative estimate of drug-likeness (QED) is 0.842. The van der Waals surface area contributed by atoms with Crippen molar-refractivity contribution in [3.05, 3.63) is 11.1 Å². The minimum Gasteiger partial charge on any atom is -0.345 e. The molecule has 1 aliphatic rings. The summed E-state index contributed by atoms with van der Waals surface area (Å²) in [5, 5.41) is 1.11. The maximum atomic E-state index is 5.61. The predicted molar refractivity (Wildman–Crippen MR) is 68.9 cm³/mol. The smallest absolute Gasteiger partial charge is 0.185 e. The lowest BCUT2D eigenvalue weighted by atomic mass is 10.0. The van der Waals surface area contributed by atoms with Gasteiger partial charge in [-0.15, -0.1) is 11.3 Å². The van der Waals surface area contributed by atoms with Gasteiger partial charge in [0.2, 0.25) is 0 Å². The molecule has 0 spiro atoms. The summed E-state index contributed by atoms with van der Waals surface area (Å²) in [6.45, 7) is 8.31. The second-order valence-corrected chi connectivity index (χ2v) is 6.06. The molecule has 1 saturated heterocycles. The number of piperazine rings is 1. The van der Waals surface area contributed by atoms with Crippen molar-refractivity contribution in [2.45, 2.75) is 25.9 Å². The molecule has 1 aromatic rings. The number of anilines is 1. The van der Waals surface area contributed by atoms with E-state index in [4.69, 9.17) is 5.73 Å². The molecule has 90 valence electrons. The number of aromatic nitrogens is 1. The van der Waals surface area contributed by atoms with Crippen LogP contribution < -0.4 is 10.6 Å². The fourth-order valence-electron chi connectivity index (χ4n) is 1.94. The molecule has 1 aliphatic heterocycles. The summed E-state index contributed by atoms with van der Waals surface area (Å²) in [5.41, 5.74) is 5.83. The Morgan fingerprint density at radius 3 is 2.81 bits per heavy atom. The third-order valence-corrected chi connectivity index (χ3v) is 4.41. The number of hydrogen-bond acceptors (Lipinski definition) is 5. The maximum Gasteiger partial charge on any atom is 0.185 e. The largest absolute Gasteiger partial charge is 0.345 e. The average Bonchev–Trinajstić information content (AvgIpc) is 2.70. The lowest BCUT2D eigenvalue weighted by molar-refractivity contribution is 0.139. The van der Waals surface area contributed by atoms with Gasteiger partial charge in [-0.05, 0) is 20.9 Å². The van der Waals surface area contributed by atoms with Crippen LogP contribution in [0.3, 0.4) is 0 Å². The molecule has 2 rings (SSSR count). The zero-order valence-electron chi connectivity index (χ0n) is 10.2. The molecular weight excluding hydrogens is 220 g/mol. The Kier molecular flexibility index (Phi) is 3.19. The van der Waals surface area contributed by atoms with Crippen LogP contribution in [-0.4, -0.2) is 42.1 Å². The molecule has 0 aromatic carbocycles. The molecule has 0 bridgehead atoms. The van der Waals surface area contributed by atoms with Crippen molar-refractivity contribution in [2.24, 2.45) is 5.73 Å². The monoisotopic (exact) mass is 240 g/mol. The van der Waals surface area contributed by atoms with Crippen molar-refractivity contribution >= 4 is 16.5 Å². The minimum atomic E-state index is 0.215. The van der Waals surface area contributed by atoms with Gasteiger partial charge in [0, 0.05) is 42.8 Å². The van der Waals surface area contributed by atoms with Crippen LogP contribution >= 0.6 is 11.3 Å². The summed E-state index contributed by atoms with van der Waals surface area (Å²) in [5.74, 6) is 0. The van der Waals surface area contributed by atoms with Gasteiger partial charge in [-0.25, -0.2) is 4.98 Å². The molecule has 1 fully saturated rings. The Labute approximate surface area is 101 Å². The Hall–Kier alpha value is -0.650. The Balaban J connectivity index is 2.11. The van der Waals surface area contributed by atoms with Gasteiger partial charge in [0.15, 0.2) is 5.13 Å². The van der Waals surface area contributed by atoms with Crippen LogP contribution in [0.25, 0.3) is 0 Å². The van der Waals surface area contributed by atoms with E-state index in [1.807, 2.05) is 6.20 Å². The van der Waals surface area contributed by atoms with Crippen molar-refractivity contribution < 1.29 is 0 Å². The highest BCUT2D eigenvalue weighted by molar-refractivity contribution is 7.15. The first kappa shape index (κ1) is 11.8. The summed E-state index contributed by atoms with van der Waals surface area (Å²) in [7, 11) is 2.19. The summed E-state index contributed by atoms with van der Waals surface area (Å²) >= 11 is 1.71. The SMILES string of the molecule is CN1CCN(c2ncc(CN)s2)CC1(C)C. The van der Waals surface area contributed by atoms with Crippen LogP contribution in [0.5, 0.6) is 0 Å². The second-order valence-electron chi connectivity index (χ2n) is 4.97. The van der Waals surface area contributed by atoms with Crippen molar-refractivity contribution in [2.75, 3.05) is 31.6 Å². The first-order valence-corrected chi connectivity index (χ1v) is 6.45. The first-order valence-electron chi connectivity index (χ1n) is 5.64. The van der Waals surface area contributed by atoms with Gasteiger partial charge in [-0.2, -0.15) is 0 Å². The third-order valence-electron chi connectivity index (χ3n) is 3.33. The summed E-state index contributed by atoms with van der Waals surface area (Å²) in [6, 6.07) is 0. The van der Waals surface area contributed by atoms with Crippen molar-refractivity contribution in [3.63, 3.8) is 0 Å². The molecule has 1 aromatic heterocycles. The minimum absolute atomic E-state index is 0.215. The maximum absolute atomic E-state index is 5.61. The standard InChI is InChI=1S/C11H20N4S/c1-11(2)8-15(5-4-14(11)3)10-13-7-9(6-12)16-10/h7H,4-6,8,12H2,1-3H3. The molecule has 0 radical (unpaired) electrons. The number of nitrogens with two attached hydrogens (primary N) is 1. The highest BCUT2D eigenvalue weighted by Gasteiger charge is 2.31. The zero-order valence-corrected chi connectivity index (χ0v) is 11.0. The Bertz CT molecular complexity index is 361. The first-order chi connectivity index (χ1) is 7.53. The topological polar surface area (TPSA) is 45.4 Å². The third kappa shape index (κ3) is 2.21. The van der Waals surface area contributed by atoms with E-state index in [1.54, 1.807) is 11.3 Å². The lowest BCUT2D eigenvalue weighted by Gasteiger charge is -2.45. The van der Waals surface area contributed by atoms with Gasteiger partial charge < -0.3 is 10.6 Å². The normalized spacial score (nSPS) is 21.4. The van der Waals surface area contributed by atoms with Gasteiger partial charge >= 0.3 is 0 Å². The number of rotatable bonds is 2. The summed E-state index contributed by atoms with van der Waals surface area (Å²) in [4.78, 5) is 10.4. The van der Waals surface area contributed by atoms with Gasteiger partial charge in [0.1, 0.15) is 0 Å². The van der Waals surface area contributed by atoms with Gasteiger partial charge in [-0.1, -0.05) is 0 Å². The van der Waals surface area contributed by atoms with E-state index in [1.165, 1.54) is 0 Å². The molecule has 0 amide bonds. The molecular formula is C11H20N4S. The average molecular weight is 240 g/mol. The molecule has 2 heterocycles. The molecule has 5 heteroatoms. The van der Waals surface area contributed by atoms with Gasteiger partial charge in [-0.3, -0.25) is 4.90 Å². The second kappa shape index (κ2) is 4.31. The molecule has 2 N–H and O–H groups in total. The molecule has 0 atom stereocenters. The van der Waals surface area contributed by atoms with E-state index in [0.29, 0.717) is 6.54 Å². The molecule has 4 nitrogen and oxygen atoms in total. The zero-order chi connectivity index (χ0) is 11.8. The van der Waals surface area contributed by atoms with Crippen LogP contribution in [0.1, 0.15) is 18.7 Å². The fraction of sp³-hybridized carbons (Fsp3) is 0.727. The highest BCUT2D eigenvalue weighted by Crippen LogP contribution is 2.27. The van der Waals surface area contributed by atoms with E-state index in [2.05, 4.69) is 35.7 Å². The summed E-state index contributed by atoms with van der Waals surface area (Å²) < 4.78 is 0. The molecule has 0 unspecified atom stereocenters. The number of nitrogens with zero attached hydrogens (tertiary/aromatic N) is 3. The van der Waals surface area contributed by atoms with Gasteiger partial charge in [0.05, 0.1) is 0 Å². The number of likely N-dealkylation sites (N-methyl/N-ethyl adjacent to an activating group) is 1. The fourth-order valence-corrected chi connectivity index (χ4v) is 2.75. The van der Waals surface area contributed by atoms with Crippen LogP contribution in [0.2, 0.25) is 0 Å². The van der Waals surface area contributed by atoms with Crippen LogP contribution in [0, 0.1) is 0 Å². The molecule has 0 aliphatic carbocycles. The van der Waals surface area contributed by atoms with Gasteiger partial charge in [0.25, 0.3) is 0 Å². The van der Waals surface area contributed by atoms with Crippen LogP contribution in [0.4, 0.5) is 5.13 Å². The van der Waals surface area contributed by atoms with Crippen molar-refractivity contribution in [3.8, 4) is 0 Å². The van der Waals surface area contributed by atoms with E-state index >= 15 is 0 Å². The van der Waals surface area contributed by atoms with Crippen LogP contribution in [-0.2, 0) is 6.54 Å². The highest BCUT2D eigenvalue weighted by atomic mass is 32.1. The van der Waals surface area contributed by atoms with Crippen molar-refractivity contribution in [1.29, 1.82) is 0 Å². The Morgan fingerprint density at radius 2 is 2.25 bits per heavy atom. The van der Waals surface area contributed by atoms with Crippen molar-refractivity contribution in [1.82, 2.24) is 9.88 Å². The molecule has 0 saturated carbocycles. The van der Waals surface area contributed by atoms with E-state index in [0.717, 1.165) is 29.6 Å². The van der Waals surface area contributed by atoms with Crippen LogP contribution in [0.15, 0.2) is 6.20 Å². The Morgan fingerprint density at radius 1 is 1.50 bits per heavy atom. The lowest BCUT2D eigenvalue weighted by Crippen LogP contribution is -2.57.